The fraction of sp³-hybridized carbons (Fsp3) is 0.500. The van der Waals surface area contributed by atoms with Gasteiger partial charge in [-0.2, -0.15) is 0 Å². The Morgan fingerprint density at radius 3 is 2.47 bits per heavy atom. The molecule has 0 saturated carbocycles. The molecule has 0 heterocycles. The molecule has 1 amide bonds. The van der Waals surface area contributed by atoms with Gasteiger partial charge in [0, 0.05) is 12.6 Å². The summed E-state index contributed by atoms with van der Waals surface area (Å²) < 4.78 is 0. The van der Waals surface area contributed by atoms with Gasteiger partial charge in [-0.15, -0.1) is 0 Å². The first-order valence-corrected chi connectivity index (χ1v) is 6.00. The van der Waals surface area contributed by atoms with Gasteiger partial charge in [-0.25, -0.2) is 0 Å². The summed E-state index contributed by atoms with van der Waals surface area (Å²) in [5.74, 6) is 0.0171. The van der Waals surface area contributed by atoms with Gasteiger partial charge in [-0.1, -0.05) is 30.3 Å². The molecule has 94 valence electrons. The van der Waals surface area contributed by atoms with Crippen molar-refractivity contribution in [1.82, 2.24) is 5.32 Å². The molecule has 0 aliphatic heterocycles. The average molecular weight is 234 g/mol. The summed E-state index contributed by atoms with van der Waals surface area (Å²) in [6.45, 7) is 6.09. The van der Waals surface area contributed by atoms with E-state index in [9.17, 15) is 4.79 Å². The second-order valence-electron chi connectivity index (χ2n) is 5.15. The molecule has 0 aliphatic rings. The normalized spacial score (nSPS) is 13.2. The highest BCUT2D eigenvalue weighted by Crippen LogP contribution is 2.13. The molecule has 0 bridgehead atoms. The summed E-state index contributed by atoms with van der Waals surface area (Å²) >= 11 is 0. The first-order chi connectivity index (χ1) is 7.95. The van der Waals surface area contributed by atoms with E-state index in [0.717, 1.165) is 6.42 Å². The van der Waals surface area contributed by atoms with Gasteiger partial charge < -0.3 is 11.1 Å². The van der Waals surface area contributed by atoms with E-state index in [4.69, 9.17) is 5.73 Å². The lowest BCUT2D eigenvalue weighted by Gasteiger charge is -2.24. The van der Waals surface area contributed by atoms with Crippen LogP contribution in [0.2, 0.25) is 0 Å². The van der Waals surface area contributed by atoms with Crippen LogP contribution in [0.25, 0.3) is 0 Å². The van der Waals surface area contributed by atoms with Gasteiger partial charge in [0.05, 0.1) is 5.41 Å². The molecule has 3 heteroatoms. The van der Waals surface area contributed by atoms with Gasteiger partial charge in [-0.05, 0) is 32.8 Å². The number of hydrogen-bond acceptors (Lipinski definition) is 2. The minimum absolute atomic E-state index is 0.0171. The number of amides is 1. The monoisotopic (exact) mass is 234 g/mol. The number of benzene rings is 1. The quantitative estimate of drug-likeness (QED) is 0.815. The van der Waals surface area contributed by atoms with Crippen LogP contribution in [0.5, 0.6) is 0 Å². The summed E-state index contributed by atoms with van der Waals surface area (Å²) in [5, 5.41) is 3.00. The SMILES string of the molecule is CC(Cc1ccccc1)NC(=O)C(C)(C)CN. The molecule has 3 N–H and O–H groups in total. The molecule has 0 aliphatic carbocycles. The maximum absolute atomic E-state index is 11.9. The van der Waals surface area contributed by atoms with E-state index in [0.29, 0.717) is 6.54 Å². The van der Waals surface area contributed by atoms with Gasteiger partial charge in [0.2, 0.25) is 5.91 Å². The van der Waals surface area contributed by atoms with Gasteiger partial charge in [0.25, 0.3) is 0 Å². The lowest BCUT2D eigenvalue weighted by Crippen LogP contribution is -2.45. The van der Waals surface area contributed by atoms with Crippen LogP contribution in [0.3, 0.4) is 0 Å². The zero-order valence-electron chi connectivity index (χ0n) is 10.9. The minimum Gasteiger partial charge on any atom is -0.353 e. The van der Waals surface area contributed by atoms with Crippen LogP contribution in [0.4, 0.5) is 0 Å². The summed E-state index contributed by atoms with van der Waals surface area (Å²) in [6, 6.07) is 10.3. The Labute approximate surface area is 103 Å². The zero-order valence-corrected chi connectivity index (χ0v) is 10.9. The molecule has 1 aromatic carbocycles. The largest absolute Gasteiger partial charge is 0.353 e. The third kappa shape index (κ3) is 4.19. The lowest BCUT2D eigenvalue weighted by molar-refractivity contribution is -0.129. The molecule has 0 aromatic heterocycles. The number of nitrogens with two attached hydrogens (primary N) is 1. The highest BCUT2D eigenvalue weighted by atomic mass is 16.2. The van der Waals surface area contributed by atoms with E-state index in [2.05, 4.69) is 17.4 Å². The van der Waals surface area contributed by atoms with Crippen molar-refractivity contribution in [3.8, 4) is 0 Å². The molecular weight excluding hydrogens is 212 g/mol. The van der Waals surface area contributed by atoms with Crippen molar-refractivity contribution < 1.29 is 4.79 Å². The third-order valence-electron chi connectivity index (χ3n) is 2.89. The molecule has 1 rings (SSSR count). The molecule has 0 radical (unpaired) electrons. The van der Waals surface area contributed by atoms with E-state index in [-0.39, 0.29) is 11.9 Å². The van der Waals surface area contributed by atoms with E-state index in [1.807, 2.05) is 39.0 Å². The van der Waals surface area contributed by atoms with Crippen molar-refractivity contribution in [3.05, 3.63) is 35.9 Å². The van der Waals surface area contributed by atoms with Gasteiger partial charge in [0.1, 0.15) is 0 Å². The molecule has 0 saturated heterocycles. The fourth-order valence-corrected chi connectivity index (χ4v) is 1.53. The number of nitrogens with one attached hydrogen (secondary N) is 1. The van der Waals surface area contributed by atoms with Crippen molar-refractivity contribution in [3.63, 3.8) is 0 Å². The topological polar surface area (TPSA) is 55.1 Å². The lowest BCUT2D eigenvalue weighted by atomic mass is 9.92. The van der Waals surface area contributed by atoms with Crippen molar-refractivity contribution in [2.45, 2.75) is 33.2 Å². The second kappa shape index (κ2) is 5.82. The summed E-state index contributed by atoms with van der Waals surface area (Å²) in [7, 11) is 0. The van der Waals surface area contributed by atoms with E-state index in [1.54, 1.807) is 0 Å². The molecule has 0 spiro atoms. The minimum atomic E-state index is -0.495. The van der Waals surface area contributed by atoms with Crippen molar-refractivity contribution in [2.75, 3.05) is 6.54 Å². The third-order valence-corrected chi connectivity index (χ3v) is 2.89. The molecule has 3 nitrogen and oxygen atoms in total. The first-order valence-electron chi connectivity index (χ1n) is 6.00. The van der Waals surface area contributed by atoms with Crippen LogP contribution in [-0.2, 0) is 11.2 Å². The molecule has 1 atom stereocenters. The highest BCUT2D eigenvalue weighted by Gasteiger charge is 2.26. The summed E-state index contributed by atoms with van der Waals surface area (Å²) in [6.07, 6.45) is 0.841. The molecule has 0 fully saturated rings. The number of hydrogen-bond donors (Lipinski definition) is 2. The zero-order chi connectivity index (χ0) is 12.9. The fourth-order valence-electron chi connectivity index (χ4n) is 1.53. The van der Waals surface area contributed by atoms with Crippen molar-refractivity contribution in [1.29, 1.82) is 0 Å². The Bertz CT molecular complexity index is 360. The number of rotatable bonds is 5. The smallest absolute Gasteiger partial charge is 0.227 e. The average Bonchev–Trinajstić information content (AvgIpc) is 2.30. The van der Waals surface area contributed by atoms with Crippen molar-refractivity contribution in [2.24, 2.45) is 11.1 Å². The molecule has 1 aromatic rings. The Balaban J connectivity index is 2.51. The van der Waals surface area contributed by atoms with Gasteiger partial charge >= 0.3 is 0 Å². The maximum Gasteiger partial charge on any atom is 0.227 e. The number of carbonyl (C=O) groups excluding carboxylic acids is 1. The van der Waals surface area contributed by atoms with Crippen LogP contribution in [-0.4, -0.2) is 18.5 Å². The molecule has 17 heavy (non-hydrogen) atoms. The first kappa shape index (κ1) is 13.7. The van der Waals surface area contributed by atoms with Crippen LogP contribution in [0.15, 0.2) is 30.3 Å². The summed E-state index contributed by atoms with van der Waals surface area (Å²) in [4.78, 5) is 11.9. The van der Waals surface area contributed by atoms with Crippen LogP contribution >= 0.6 is 0 Å². The van der Waals surface area contributed by atoms with Crippen LogP contribution < -0.4 is 11.1 Å². The Kier molecular flexibility index (Phi) is 4.70. The van der Waals surface area contributed by atoms with Crippen LogP contribution in [0, 0.1) is 5.41 Å². The Morgan fingerprint density at radius 1 is 1.35 bits per heavy atom. The standard InChI is InChI=1S/C14H22N2O/c1-11(9-12-7-5-4-6-8-12)16-13(17)14(2,3)10-15/h4-8,11H,9-10,15H2,1-3H3,(H,16,17). The van der Waals surface area contributed by atoms with Crippen LogP contribution in [0.1, 0.15) is 26.3 Å². The van der Waals surface area contributed by atoms with E-state index < -0.39 is 5.41 Å². The molecular formula is C14H22N2O. The van der Waals surface area contributed by atoms with E-state index in [1.165, 1.54) is 5.56 Å². The second-order valence-corrected chi connectivity index (χ2v) is 5.15. The molecule has 1 unspecified atom stereocenters. The van der Waals surface area contributed by atoms with Gasteiger partial charge in [0.15, 0.2) is 0 Å². The predicted molar refractivity (Wildman–Crippen MR) is 70.6 cm³/mol. The number of carbonyl (C=O) groups is 1. The Hall–Kier alpha value is -1.35. The van der Waals surface area contributed by atoms with E-state index >= 15 is 0 Å². The van der Waals surface area contributed by atoms with Crippen molar-refractivity contribution >= 4 is 5.91 Å². The Morgan fingerprint density at radius 2 is 1.94 bits per heavy atom. The highest BCUT2D eigenvalue weighted by molar-refractivity contribution is 5.82. The predicted octanol–water partition coefficient (Wildman–Crippen LogP) is 1.72. The van der Waals surface area contributed by atoms with Gasteiger partial charge in [-0.3, -0.25) is 4.79 Å². The summed E-state index contributed by atoms with van der Waals surface area (Å²) in [5.41, 5.74) is 6.31. The maximum atomic E-state index is 11.9.